The first kappa shape index (κ1) is 9.17. The van der Waals surface area contributed by atoms with Crippen LogP contribution in [0.4, 0.5) is 0 Å². The fourth-order valence-corrected chi connectivity index (χ4v) is 1.68. The van der Waals surface area contributed by atoms with Gasteiger partial charge < -0.3 is 4.74 Å². The van der Waals surface area contributed by atoms with Crippen molar-refractivity contribution in [1.29, 1.82) is 0 Å². The summed E-state index contributed by atoms with van der Waals surface area (Å²) in [6.45, 7) is 0. The minimum absolute atomic E-state index is 0.307. The molecule has 2 nitrogen and oxygen atoms in total. The number of hydrogen-bond acceptors (Lipinski definition) is 2. The highest BCUT2D eigenvalue weighted by Crippen LogP contribution is 2.26. The fraction of sp³-hybridized carbons (Fsp3) is 0. The number of benzene rings is 1. The van der Waals surface area contributed by atoms with E-state index in [1.807, 2.05) is 29.8 Å². The van der Waals surface area contributed by atoms with Crippen molar-refractivity contribution < 1.29 is 9.53 Å². The van der Waals surface area contributed by atoms with Crippen molar-refractivity contribution in [2.45, 2.75) is 0 Å². The highest BCUT2D eigenvalue weighted by atomic mass is 31.1. The molecule has 0 aliphatic carbocycles. The quantitative estimate of drug-likeness (QED) is 0.545. The van der Waals surface area contributed by atoms with Crippen LogP contribution in [0.2, 0.25) is 0 Å². The van der Waals surface area contributed by atoms with Crippen LogP contribution < -0.4 is 0 Å². The minimum atomic E-state index is -0.307. The molecule has 14 heavy (non-hydrogen) atoms. The molecule has 69 valence electrons. The molecule has 1 heterocycles. The standard InChI is InChI=1S/C11H8O2P/c12-11(9-4-2-1-3-5-9)13-10-6-7-14-8-10/h1-8H. The van der Waals surface area contributed by atoms with Gasteiger partial charge in [0.15, 0.2) is 0 Å². The van der Waals surface area contributed by atoms with Gasteiger partial charge in [0.1, 0.15) is 5.76 Å². The van der Waals surface area contributed by atoms with Crippen molar-refractivity contribution in [2.24, 2.45) is 0 Å². The lowest BCUT2D eigenvalue weighted by Gasteiger charge is -2.02. The molecule has 1 aliphatic heterocycles. The van der Waals surface area contributed by atoms with E-state index in [-0.39, 0.29) is 5.97 Å². The first-order valence-corrected chi connectivity index (χ1v) is 5.23. The Morgan fingerprint density at radius 3 is 2.64 bits per heavy atom. The predicted octanol–water partition coefficient (Wildman–Crippen LogP) is 3.16. The maximum absolute atomic E-state index is 11.5. The Labute approximate surface area is 84.1 Å². The average molecular weight is 203 g/mol. The number of hydrogen-bond donors (Lipinski definition) is 0. The topological polar surface area (TPSA) is 26.3 Å². The second-order valence-corrected chi connectivity index (χ2v) is 3.61. The van der Waals surface area contributed by atoms with Gasteiger partial charge in [-0.25, -0.2) is 4.79 Å². The summed E-state index contributed by atoms with van der Waals surface area (Å²) in [6, 6.07) is 8.96. The first-order chi connectivity index (χ1) is 6.86. The largest absolute Gasteiger partial charge is 0.423 e. The molecule has 0 amide bonds. The molecule has 0 bridgehead atoms. The van der Waals surface area contributed by atoms with Crippen molar-refractivity contribution in [3.05, 3.63) is 59.4 Å². The first-order valence-electron chi connectivity index (χ1n) is 4.20. The Bertz CT molecular complexity index is 393. The molecular formula is C11H8O2P. The van der Waals surface area contributed by atoms with Crippen LogP contribution in [0.5, 0.6) is 0 Å². The van der Waals surface area contributed by atoms with E-state index in [0.29, 0.717) is 11.3 Å². The number of carbonyl (C=O) groups excluding carboxylic acids is 1. The molecule has 0 unspecified atom stereocenters. The zero-order valence-corrected chi connectivity index (χ0v) is 8.28. The summed E-state index contributed by atoms with van der Waals surface area (Å²) in [7, 11) is 1.06. The molecule has 1 aliphatic rings. The molecule has 0 N–H and O–H groups in total. The van der Waals surface area contributed by atoms with Crippen LogP contribution in [0.25, 0.3) is 0 Å². The van der Waals surface area contributed by atoms with Crippen LogP contribution in [-0.4, -0.2) is 5.97 Å². The van der Waals surface area contributed by atoms with Gasteiger partial charge in [-0.05, 0) is 38.4 Å². The van der Waals surface area contributed by atoms with E-state index < -0.39 is 0 Å². The average Bonchev–Trinajstić information content (AvgIpc) is 2.72. The van der Waals surface area contributed by atoms with Gasteiger partial charge >= 0.3 is 5.97 Å². The monoisotopic (exact) mass is 203 g/mol. The van der Waals surface area contributed by atoms with Crippen molar-refractivity contribution in [2.75, 3.05) is 0 Å². The van der Waals surface area contributed by atoms with Crippen LogP contribution in [-0.2, 0) is 4.74 Å². The van der Waals surface area contributed by atoms with Gasteiger partial charge in [0, 0.05) is 0 Å². The molecule has 0 fully saturated rings. The molecule has 0 spiro atoms. The Hall–Kier alpha value is -1.40. The molecular weight excluding hydrogens is 195 g/mol. The van der Waals surface area contributed by atoms with Gasteiger partial charge in [-0.2, -0.15) is 0 Å². The van der Waals surface area contributed by atoms with Gasteiger partial charge in [-0.3, -0.25) is 0 Å². The minimum Gasteiger partial charge on any atom is -0.423 e. The second kappa shape index (κ2) is 4.21. The summed E-state index contributed by atoms with van der Waals surface area (Å²) in [4.78, 5) is 11.5. The van der Waals surface area contributed by atoms with Gasteiger partial charge in [-0.1, -0.05) is 18.2 Å². The van der Waals surface area contributed by atoms with Crippen LogP contribution in [0, 0.1) is 0 Å². The normalized spacial score (nSPS) is 15.6. The molecule has 1 aromatic carbocycles. The van der Waals surface area contributed by atoms with E-state index in [2.05, 4.69) is 0 Å². The zero-order chi connectivity index (χ0) is 9.80. The maximum Gasteiger partial charge on any atom is 0.343 e. The number of allylic oxidation sites excluding steroid dienone is 1. The van der Waals surface area contributed by atoms with Crippen LogP contribution in [0.1, 0.15) is 10.4 Å². The predicted molar refractivity (Wildman–Crippen MR) is 56.0 cm³/mol. The summed E-state index contributed by atoms with van der Waals surface area (Å²) in [6.07, 6.45) is 1.79. The fourth-order valence-electron chi connectivity index (χ4n) is 1.08. The highest BCUT2D eigenvalue weighted by Gasteiger charge is 2.09. The molecule has 2 rings (SSSR count). The van der Waals surface area contributed by atoms with Crippen molar-refractivity contribution in [3.63, 3.8) is 0 Å². The molecule has 0 saturated heterocycles. The lowest BCUT2D eigenvalue weighted by atomic mass is 10.2. The number of carbonyl (C=O) groups is 1. The van der Waals surface area contributed by atoms with Crippen LogP contribution >= 0.6 is 8.58 Å². The van der Waals surface area contributed by atoms with Crippen LogP contribution in [0.15, 0.2) is 53.8 Å². The van der Waals surface area contributed by atoms with E-state index in [1.165, 1.54) is 0 Å². The third-order valence-corrected chi connectivity index (χ3v) is 2.47. The lowest BCUT2D eigenvalue weighted by molar-refractivity contribution is 0.0638. The molecule has 1 aromatic rings. The summed E-state index contributed by atoms with van der Waals surface area (Å²) in [5, 5.41) is 0. The zero-order valence-electron chi connectivity index (χ0n) is 7.38. The van der Waals surface area contributed by atoms with E-state index in [9.17, 15) is 4.79 Å². The van der Waals surface area contributed by atoms with E-state index in [4.69, 9.17) is 4.74 Å². The van der Waals surface area contributed by atoms with Crippen molar-refractivity contribution in [1.82, 2.24) is 0 Å². The Morgan fingerprint density at radius 2 is 2.00 bits per heavy atom. The Kier molecular flexibility index (Phi) is 2.76. The molecule has 1 radical (unpaired) electrons. The Balaban J connectivity index is 2.06. The summed E-state index contributed by atoms with van der Waals surface area (Å²) in [5.74, 6) is 4.09. The second-order valence-electron chi connectivity index (χ2n) is 2.75. The van der Waals surface area contributed by atoms with E-state index >= 15 is 0 Å². The van der Waals surface area contributed by atoms with Gasteiger partial charge in [0.05, 0.1) is 5.56 Å². The maximum atomic E-state index is 11.5. The molecule has 3 heteroatoms. The number of esters is 1. The SMILES string of the molecule is O=C(OC1=C[P]C=C1)c1ccccc1. The van der Waals surface area contributed by atoms with Crippen molar-refractivity contribution in [3.8, 4) is 0 Å². The number of rotatable bonds is 2. The van der Waals surface area contributed by atoms with Gasteiger partial charge in [0.25, 0.3) is 0 Å². The smallest absolute Gasteiger partial charge is 0.343 e. The molecule has 0 aromatic heterocycles. The van der Waals surface area contributed by atoms with Crippen molar-refractivity contribution >= 4 is 14.6 Å². The third-order valence-electron chi connectivity index (χ3n) is 1.75. The lowest BCUT2D eigenvalue weighted by Crippen LogP contribution is -2.02. The Morgan fingerprint density at radius 1 is 1.21 bits per heavy atom. The van der Waals surface area contributed by atoms with Gasteiger partial charge in [-0.15, -0.1) is 0 Å². The number of ether oxygens (including phenoxy) is 1. The summed E-state index contributed by atoms with van der Waals surface area (Å²) in [5.41, 5.74) is 0.574. The summed E-state index contributed by atoms with van der Waals surface area (Å²) < 4.78 is 5.13. The third kappa shape index (κ3) is 2.09. The molecule has 0 atom stereocenters. The van der Waals surface area contributed by atoms with E-state index in [1.54, 1.807) is 18.2 Å². The van der Waals surface area contributed by atoms with E-state index in [0.717, 1.165) is 8.58 Å². The highest BCUT2D eigenvalue weighted by molar-refractivity contribution is 7.45. The summed E-state index contributed by atoms with van der Waals surface area (Å²) >= 11 is 0. The van der Waals surface area contributed by atoms with Gasteiger partial charge in [0.2, 0.25) is 0 Å². The molecule has 0 saturated carbocycles. The van der Waals surface area contributed by atoms with Crippen LogP contribution in [0.3, 0.4) is 0 Å².